The van der Waals surface area contributed by atoms with Gasteiger partial charge in [-0.2, -0.15) is 0 Å². The quantitative estimate of drug-likeness (QED) is 0.787. The number of rotatable bonds is 4. The lowest BCUT2D eigenvalue weighted by molar-refractivity contribution is 0.0777. The van der Waals surface area contributed by atoms with Gasteiger partial charge in [-0.3, -0.25) is 9.78 Å². The molecule has 2 heterocycles. The third-order valence-corrected chi connectivity index (χ3v) is 3.89. The molecule has 1 amide bonds. The van der Waals surface area contributed by atoms with E-state index < -0.39 is 0 Å². The van der Waals surface area contributed by atoms with Gasteiger partial charge in [-0.1, -0.05) is 29.8 Å². The number of H-pyrrole nitrogens is 1. The van der Waals surface area contributed by atoms with Crippen molar-refractivity contribution < 1.29 is 4.79 Å². The van der Waals surface area contributed by atoms with E-state index in [1.165, 1.54) is 0 Å². The summed E-state index contributed by atoms with van der Waals surface area (Å²) in [5, 5.41) is 0.627. The van der Waals surface area contributed by atoms with E-state index in [1.54, 1.807) is 24.2 Å². The van der Waals surface area contributed by atoms with E-state index in [-0.39, 0.29) is 5.91 Å². The minimum atomic E-state index is -0.150. The molecule has 3 rings (SSSR count). The SMILES string of the molecule is Cc1[nH]c(-c2cccc(Cl)c2)nc1C(=O)N(C)Cc1ccccn1. The minimum Gasteiger partial charge on any atom is -0.341 e. The molecule has 0 aliphatic heterocycles. The van der Waals surface area contributed by atoms with Crippen molar-refractivity contribution in [1.29, 1.82) is 0 Å². The summed E-state index contributed by atoms with van der Waals surface area (Å²) in [4.78, 5) is 26.1. The largest absolute Gasteiger partial charge is 0.341 e. The fourth-order valence-electron chi connectivity index (χ4n) is 2.43. The van der Waals surface area contributed by atoms with Crippen molar-refractivity contribution >= 4 is 17.5 Å². The first-order chi connectivity index (χ1) is 11.5. The van der Waals surface area contributed by atoms with Crippen LogP contribution in [0.25, 0.3) is 11.4 Å². The van der Waals surface area contributed by atoms with Crippen LogP contribution in [0.3, 0.4) is 0 Å². The highest BCUT2D eigenvalue weighted by Crippen LogP contribution is 2.22. The van der Waals surface area contributed by atoms with Crippen molar-refractivity contribution in [2.75, 3.05) is 7.05 Å². The fourth-order valence-corrected chi connectivity index (χ4v) is 2.62. The van der Waals surface area contributed by atoms with Crippen molar-refractivity contribution in [2.45, 2.75) is 13.5 Å². The highest BCUT2D eigenvalue weighted by atomic mass is 35.5. The van der Waals surface area contributed by atoms with Gasteiger partial charge >= 0.3 is 0 Å². The molecular weight excluding hydrogens is 324 g/mol. The molecule has 0 bridgehead atoms. The van der Waals surface area contributed by atoms with E-state index in [2.05, 4.69) is 15.0 Å². The van der Waals surface area contributed by atoms with Crippen molar-refractivity contribution in [3.63, 3.8) is 0 Å². The molecule has 5 nitrogen and oxygen atoms in total. The molecule has 0 fully saturated rings. The number of nitrogens with zero attached hydrogens (tertiary/aromatic N) is 3. The van der Waals surface area contributed by atoms with Crippen LogP contribution < -0.4 is 0 Å². The predicted molar refractivity (Wildman–Crippen MR) is 93.8 cm³/mol. The first-order valence-corrected chi connectivity index (χ1v) is 7.90. The molecule has 0 spiro atoms. The maximum atomic E-state index is 12.7. The van der Waals surface area contributed by atoms with Gasteiger partial charge in [-0.05, 0) is 31.2 Å². The Labute approximate surface area is 145 Å². The average molecular weight is 341 g/mol. The number of carbonyl (C=O) groups excluding carboxylic acids is 1. The maximum Gasteiger partial charge on any atom is 0.274 e. The molecule has 122 valence electrons. The van der Waals surface area contributed by atoms with Crippen LogP contribution in [-0.2, 0) is 6.54 Å². The van der Waals surface area contributed by atoms with Gasteiger partial charge in [0, 0.05) is 29.5 Å². The highest BCUT2D eigenvalue weighted by molar-refractivity contribution is 6.30. The molecule has 0 atom stereocenters. The summed E-state index contributed by atoms with van der Waals surface area (Å²) in [5.41, 5.74) is 2.81. The van der Waals surface area contributed by atoms with Crippen LogP contribution in [0.4, 0.5) is 0 Å². The number of carbonyl (C=O) groups is 1. The summed E-state index contributed by atoms with van der Waals surface area (Å²) >= 11 is 6.02. The van der Waals surface area contributed by atoms with Gasteiger partial charge in [0.05, 0.1) is 12.2 Å². The molecule has 0 aliphatic carbocycles. The minimum absolute atomic E-state index is 0.150. The molecule has 24 heavy (non-hydrogen) atoms. The second-order valence-corrected chi connectivity index (χ2v) is 5.99. The van der Waals surface area contributed by atoms with E-state index >= 15 is 0 Å². The lowest BCUT2D eigenvalue weighted by Gasteiger charge is -2.15. The number of pyridine rings is 1. The Bertz CT molecular complexity index is 860. The summed E-state index contributed by atoms with van der Waals surface area (Å²) in [7, 11) is 1.74. The number of imidazole rings is 1. The van der Waals surface area contributed by atoms with Crippen molar-refractivity contribution in [3.05, 3.63) is 70.8 Å². The van der Waals surface area contributed by atoms with Crippen LogP contribution in [0.5, 0.6) is 0 Å². The number of benzene rings is 1. The summed E-state index contributed by atoms with van der Waals surface area (Å²) in [6.07, 6.45) is 1.71. The van der Waals surface area contributed by atoms with Crippen LogP contribution in [0.2, 0.25) is 5.02 Å². The Hall–Kier alpha value is -2.66. The zero-order valence-electron chi connectivity index (χ0n) is 13.5. The van der Waals surface area contributed by atoms with Crippen LogP contribution >= 0.6 is 11.6 Å². The second-order valence-electron chi connectivity index (χ2n) is 5.55. The molecule has 0 unspecified atom stereocenters. The molecule has 6 heteroatoms. The Balaban J connectivity index is 1.83. The molecule has 0 aliphatic rings. The molecule has 1 aromatic carbocycles. The number of nitrogens with one attached hydrogen (secondary N) is 1. The van der Waals surface area contributed by atoms with Gasteiger partial charge in [0.15, 0.2) is 0 Å². The first kappa shape index (κ1) is 16.2. The Morgan fingerprint density at radius 3 is 2.79 bits per heavy atom. The lowest BCUT2D eigenvalue weighted by Crippen LogP contribution is -2.27. The molecule has 0 saturated carbocycles. The number of aromatic amines is 1. The second kappa shape index (κ2) is 6.84. The van der Waals surface area contributed by atoms with Crippen LogP contribution in [0.1, 0.15) is 21.9 Å². The Morgan fingerprint density at radius 1 is 1.25 bits per heavy atom. The number of hydrogen-bond acceptors (Lipinski definition) is 3. The standard InChI is InChI=1S/C18H17ClN4O/c1-12-16(18(24)23(2)11-15-8-3-4-9-20-15)22-17(21-12)13-6-5-7-14(19)10-13/h3-10H,11H2,1-2H3,(H,21,22). The first-order valence-electron chi connectivity index (χ1n) is 7.52. The normalized spacial score (nSPS) is 10.6. The van der Waals surface area contributed by atoms with Crippen LogP contribution in [0, 0.1) is 6.92 Å². The van der Waals surface area contributed by atoms with Crippen molar-refractivity contribution in [2.24, 2.45) is 0 Å². The summed E-state index contributed by atoms with van der Waals surface area (Å²) in [5.74, 6) is 0.479. The summed E-state index contributed by atoms with van der Waals surface area (Å²) in [6, 6.07) is 13.0. The summed E-state index contributed by atoms with van der Waals surface area (Å²) in [6.45, 7) is 2.27. The highest BCUT2D eigenvalue weighted by Gasteiger charge is 2.19. The van der Waals surface area contributed by atoms with Gasteiger partial charge < -0.3 is 9.88 Å². The van der Waals surface area contributed by atoms with Gasteiger partial charge in [-0.25, -0.2) is 4.98 Å². The molecule has 2 aromatic heterocycles. The Morgan fingerprint density at radius 2 is 2.08 bits per heavy atom. The Kier molecular flexibility index (Phi) is 4.62. The summed E-state index contributed by atoms with van der Waals surface area (Å²) < 4.78 is 0. The molecule has 3 aromatic rings. The monoisotopic (exact) mass is 340 g/mol. The average Bonchev–Trinajstić information content (AvgIpc) is 2.97. The van der Waals surface area contributed by atoms with Crippen LogP contribution in [-0.4, -0.2) is 32.8 Å². The molecule has 0 radical (unpaired) electrons. The zero-order valence-corrected chi connectivity index (χ0v) is 14.2. The number of hydrogen-bond donors (Lipinski definition) is 1. The topological polar surface area (TPSA) is 61.9 Å². The molecule has 1 N–H and O–H groups in total. The van der Waals surface area contributed by atoms with E-state index in [1.807, 2.05) is 43.3 Å². The van der Waals surface area contributed by atoms with Gasteiger partial charge in [0.1, 0.15) is 11.5 Å². The lowest BCUT2D eigenvalue weighted by atomic mass is 10.2. The number of aryl methyl sites for hydroxylation is 1. The van der Waals surface area contributed by atoms with E-state index in [4.69, 9.17) is 11.6 Å². The van der Waals surface area contributed by atoms with Crippen molar-refractivity contribution in [1.82, 2.24) is 19.9 Å². The van der Waals surface area contributed by atoms with E-state index in [0.29, 0.717) is 23.1 Å². The molecular formula is C18H17ClN4O. The maximum absolute atomic E-state index is 12.7. The van der Waals surface area contributed by atoms with Crippen molar-refractivity contribution in [3.8, 4) is 11.4 Å². The van der Waals surface area contributed by atoms with Gasteiger partial charge in [0.25, 0.3) is 5.91 Å². The number of halogens is 1. The van der Waals surface area contributed by atoms with Gasteiger partial charge in [0.2, 0.25) is 0 Å². The number of amides is 1. The van der Waals surface area contributed by atoms with E-state index in [9.17, 15) is 4.79 Å². The third kappa shape index (κ3) is 3.46. The third-order valence-electron chi connectivity index (χ3n) is 3.66. The van der Waals surface area contributed by atoms with E-state index in [0.717, 1.165) is 17.0 Å². The smallest absolute Gasteiger partial charge is 0.274 e. The van der Waals surface area contributed by atoms with Crippen LogP contribution in [0.15, 0.2) is 48.7 Å². The number of aromatic nitrogens is 3. The fraction of sp³-hybridized carbons (Fsp3) is 0.167. The van der Waals surface area contributed by atoms with Gasteiger partial charge in [-0.15, -0.1) is 0 Å². The predicted octanol–water partition coefficient (Wildman–Crippen LogP) is 3.71. The molecule has 0 saturated heterocycles. The zero-order chi connectivity index (χ0) is 17.1.